The van der Waals surface area contributed by atoms with Gasteiger partial charge < -0.3 is 10.1 Å². The van der Waals surface area contributed by atoms with Gasteiger partial charge in [0.25, 0.3) is 5.91 Å². The van der Waals surface area contributed by atoms with Crippen LogP contribution in [0.4, 0.5) is 0 Å². The van der Waals surface area contributed by atoms with Crippen LogP contribution >= 0.6 is 23.2 Å². The lowest BCUT2D eigenvalue weighted by molar-refractivity contribution is -0.776. The minimum atomic E-state index is -3.69. The fraction of sp³-hybridized carbons (Fsp3) is 0.500. The number of nitrogens with zero attached hydrogens (tertiary/aromatic N) is 2. The van der Waals surface area contributed by atoms with Crippen LogP contribution in [0.3, 0.4) is 0 Å². The van der Waals surface area contributed by atoms with E-state index >= 15 is 0 Å². The summed E-state index contributed by atoms with van der Waals surface area (Å²) in [7, 11) is -1.78. The highest BCUT2D eigenvalue weighted by atomic mass is 35.5. The fourth-order valence-electron chi connectivity index (χ4n) is 6.13. The normalized spacial score (nSPS) is 24.9. The van der Waals surface area contributed by atoms with Crippen molar-refractivity contribution < 1.29 is 23.1 Å². The number of hydrogen-bond donors (Lipinski definition) is 1. The van der Waals surface area contributed by atoms with E-state index in [0.717, 1.165) is 12.8 Å². The molecule has 1 N–H and O–H groups in total. The summed E-state index contributed by atoms with van der Waals surface area (Å²) in [5.41, 5.74) is -0.755. The molecule has 212 valence electrons. The number of hydrogen-bond acceptors (Lipinski definition) is 6. The molecule has 4 atom stereocenters. The largest absolute Gasteiger partial charge is 0.626 e. The van der Waals surface area contributed by atoms with Crippen molar-refractivity contribution >= 4 is 44.9 Å². The Balaban J connectivity index is 1.67. The second-order valence-corrected chi connectivity index (χ2v) is 13.7. The van der Waals surface area contributed by atoms with E-state index in [9.17, 15) is 23.2 Å². The second-order valence-electron chi connectivity index (χ2n) is 10.8. The maximum Gasteiger partial charge on any atom is 0.344 e. The number of sulfone groups is 1. The van der Waals surface area contributed by atoms with Crippen LogP contribution in [0.1, 0.15) is 56.3 Å². The van der Waals surface area contributed by atoms with Gasteiger partial charge in [-0.15, -0.1) is 0 Å². The van der Waals surface area contributed by atoms with Gasteiger partial charge in [0.15, 0.2) is 15.9 Å². The Hall–Kier alpha value is -2.01. The van der Waals surface area contributed by atoms with Crippen LogP contribution in [0.5, 0.6) is 0 Å². The molecule has 4 rings (SSSR count). The minimum absolute atomic E-state index is 0.000481. The zero-order chi connectivity index (χ0) is 28.5. The molecule has 1 aliphatic carbocycles. The summed E-state index contributed by atoms with van der Waals surface area (Å²) in [4.78, 5) is 30.9. The lowest BCUT2D eigenvalue weighted by Gasteiger charge is -2.56. The van der Waals surface area contributed by atoms with E-state index < -0.39 is 38.4 Å². The molecule has 3 unspecified atom stereocenters. The monoisotopic (exact) mass is 595 g/mol. The van der Waals surface area contributed by atoms with Crippen molar-refractivity contribution in [2.45, 2.75) is 68.6 Å². The van der Waals surface area contributed by atoms with Gasteiger partial charge in [0, 0.05) is 35.0 Å². The first-order valence-electron chi connectivity index (χ1n) is 13.3. The van der Waals surface area contributed by atoms with Gasteiger partial charge >= 0.3 is 5.91 Å². The third-order valence-electron chi connectivity index (χ3n) is 8.28. The summed E-state index contributed by atoms with van der Waals surface area (Å²) in [6, 6.07) is 11.1. The van der Waals surface area contributed by atoms with E-state index in [4.69, 9.17) is 23.2 Å². The lowest BCUT2D eigenvalue weighted by Crippen LogP contribution is -3.14. The van der Waals surface area contributed by atoms with E-state index in [0.29, 0.717) is 22.9 Å². The SMILES string of the molecule is CC(C)N(C)C1(N2CCC([NH+]([O-])C(=O)c3cccc(Cl)c3)C2=O)CCCC[C@H]1CS(=O)(=O)c1ccc(Cl)cc1. The van der Waals surface area contributed by atoms with Crippen molar-refractivity contribution in [1.82, 2.24) is 9.80 Å². The summed E-state index contributed by atoms with van der Waals surface area (Å²) >= 11 is 12.0. The minimum Gasteiger partial charge on any atom is -0.626 e. The van der Waals surface area contributed by atoms with Crippen molar-refractivity contribution in [3.63, 3.8) is 0 Å². The van der Waals surface area contributed by atoms with E-state index in [1.165, 1.54) is 24.3 Å². The van der Waals surface area contributed by atoms with Gasteiger partial charge in [-0.05, 0) is 82.6 Å². The predicted octanol–water partition coefficient (Wildman–Crippen LogP) is 3.82. The zero-order valence-corrected chi connectivity index (χ0v) is 24.7. The van der Waals surface area contributed by atoms with Gasteiger partial charge in [-0.3, -0.25) is 14.8 Å². The fourth-order valence-corrected chi connectivity index (χ4v) is 8.15. The molecule has 2 aromatic rings. The highest BCUT2D eigenvalue weighted by molar-refractivity contribution is 7.91. The number of carbonyl (C=O) groups is 2. The van der Waals surface area contributed by atoms with Crippen LogP contribution in [0, 0.1) is 11.1 Å². The summed E-state index contributed by atoms with van der Waals surface area (Å²) in [5, 5.41) is 13.3. The highest BCUT2D eigenvalue weighted by Crippen LogP contribution is 2.44. The quantitative estimate of drug-likeness (QED) is 0.465. The topological polar surface area (TPSA) is 102 Å². The molecule has 0 aromatic heterocycles. The molecule has 1 heterocycles. The molecule has 2 aliphatic rings. The Labute approximate surface area is 240 Å². The molecule has 0 radical (unpaired) electrons. The molecule has 0 bridgehead atoms. The van der Waals surface area contributed by atoms with Crippen LogP contribution in [0.2, 0.25) is 10.0 Å². The first-order valence-corrected chi connectivity index (χ1v) is 15.7. The Morgan fingerprint density at radius 3 is 2.46 bits per heavy atom. The van der Waals surface area contributed by atoms with Crippen molar-refractivity contribution in [2.75, 3.05) is 19.3 Å². The van der Waals surface area contributed by atoms with E-state index in [-0.39, 0.29) is 41.1 Å². The molecule has 2 amide bonds. The number of amides is 2. The molecule has 39 heavy (non-hydrogen) atoms. The number of benzene rings is 2. The Kier molecular flexibility index (Phi) is 9.10. The molecule has 0 spiro atoms. The summed E-state index contributed by atoms with van der Waals surface area (Å²) in [6.45, 7) is 4.28. The first kappa shape index (κ1) is 30.0. The number of rotatable bonds is 8. The average molecular weight is 597 g/mol. The second kappa shape index (κ2) is 11.8. The number of halogens is 2. The number of likely N-dealkylation sites (tertiary alicyclic amines) is 1. The Bertz CT molecular complexity index is 1320. The van der Waals surface area contributed by atoms with E-state index in [2.05, 4.69) is 4.90 Å². The number of nitrogens with one attached hydrogen (secondary N) is 1. The summed E-state index contributed by atoms with van der Waals surface area (Å²) in [5.74, 6) is -1.69. The smallest absolute Gasteiger partial charge is 0.344 e. The third-order valence-corrected chi connectivity index (χ3v) is 10.6. The highest BCUT2D eigenvalue weighted by Gasteiger charge is 2.56. The zero-order valence-electron chi connectivity index (χ0n) is 22.4. The van der Waals surface area contributed by atoms with Crippen LogP contribution in [0.25, 0.3) is 0 Å². The van der Waals surface area contributed by atoms with Gasteiger partial charge in [-0.2, -0.15) is 0 Å². The molecule has 11 heteroatoms. The number of carbonyl (C=O) groups excluding carboxylic acids is 2. The Morgan fingerprint density at radius 2 is 1.82 bits per heavy atom. The molecule has 1 saturated carbocycles. The van der Waals surface area contributed by atoms with Crippen LogP contribution < -0.4 is 5.06 Å². The molecular weight excluding hydrogens is 561 g/mol. The van der Waals surface area contributed by atoms with Crippen molar-refractivity contribution in [1.29, 1.82) is 0 Å². The van der Waals surface area contributed by atoms with Crippen LogP contribution in [0.15, 0.2) is 53.4 Å². The van der Waals surface area contributed by atoms with E-state index in [1.807, 2.05) is 20.9 Å². The number of quaternary nitrogens is 1. The third kappa shape index (κ3) is 5.89. The molecule has 1 aliphatic heterocycles. The maximum atomic E-state index is 13.9. The van der Waals surface area contributed by atoms with Gasteiger partial charge in [-0.25, -0.2) is 13.2 Å². The van der Waals surface area contributed by atoms with Gasteiger partial charge in [0.1, 0.15) is 0 Å². The van der Waals surface area contributed by atoms with Crippen molar-refractivity contribution in [3.05, 3.63) is 69.3 Å². The average Bonchev–Trinajstić information content (AvgIpc) is 3.29. The molecule has 2 fully saturated rings. The van der Waals surface area contributed by atoms with E-state index in [1.54, 1.807) is 29.2 Å². The standard InChI is InChI=1S/C28H35Cl2N3O5S/c1-19(2)31(3)28(15-5-4-8-21(28)18-39(37,38)24-12-10-22(29)11-13-24)32-16-14-25(27(32)35)33(36)26(34)20-7-6-9-23(30)17-20/h6-7,9-13,17,19,21,25,33H,4-5,8,14-16,18H2,1-3H3/t21-,25?,28?/m0/s1. The summed E-state index contributed by atoms with van der Waals surface area (Å²) in [6.07, 6.45) is 3.06. The number of hydroxylamine groups is 2. The predicted molar refractivity (Wildman–Crippen MR) is 151 cm³/mol. The van der Waals surface area contributed by atoms with Gasteiger partial charge in [0.2, 0.25) is 0 Å². The first-order chi connectivity index (χ1) is 18.4. The van der Waals surface area contributed by atoms with Gasteiger partial charge in [-0.1, -0.05) is 35.7 Å². The molecule has 8 nitrogen and oxygen atoms in total. The molecular formula is C28H35Cl2N3O5S. The van der Waals surface area contributed by atoms with Crippen molar-refractivity contribution in [3.8, 4) is 0 Å². The van der Waals surface area contributed by atoms with Crippen LogP contribution in [-0.4, -0.2) is 67.1 Å². The van der Waals surface area contributed by atoms with Crippen molar-refractivity contribution in [2.24, 2.45) is 5.92 Å². The van der Waals surface area contributed by atoms with Gasteiger partial charge in [0.05, 0.1) is 21.9 Å². The molecule has 2 aromatic carbocycles. The maximum absolute atomic E-state index is 13.9. The lowest BCUT2D eigenvalue weighted by atomic mass is 9.77. The van der Waals surface area contributed by atoms with Crippen LogP contribution in [-0.2, 0) is 14.6 Å². The Morgan fingerprint density at radius 1 is 1.13 bits per heavy atom. The molecule has 1 saturated heterocycles. The summed E-state index contributed by atoms with van der Waals surface area (Å²) < 4.78 is 27.1.